The van der Waals surface area contributed by atoms with E-state index in [2.05, 4.69) is 28.1 Å². The largest absolute Gasteiger partial charge is 0.388 e. The number of terminal acetylenes is 1. The Labute approximate surface area is 132 Å². The molecular weight excluding hydrogens is 282 g/mol. The Morgan fingerprint density at radius 2 is 2.18 bits per heavy atom. The molecule has 0 aromatic heterocycles. The molecule has 0 bridgehead atoms. The average molecular weight is 305 g/mol. The summed E-state index contributed by atoms with van der Waals surface area (Å²) in [4.78, 5) is 15.8. The summed E-state index contributed by atoms with van der Waals surface area (Å²) in [6.07, 6.45) is 11.4. The number of aliphatic hydroxyl groups is 2. The second kappa shape index (κ2) is 13.9. The molecule has 0 heterocycles. The second-order valence-electron chi connectivity index (χ2n) is 4.39. The predicted molar refractivity (Wildman–Crippen MR) is 85.1 cm³/mol. The third-order valence-electron chi connectivity index (χ3n) is 2.39. The molecule has 0 aliphatic carbocycles. The molecule has 5 nitrogen and oxygen atoms in total. The lowest BCUT2D eigenvalue weighted by Gasteiger charge is -2.04. The van der Waals surface area contributed by atoms with Crippen molar-refractivity contribution in [3.05, 3.63) is 24.3 Å². The molecule has 0 unspecified atom stereocenters. The van der Waals surface area contributed by atoms with Crippen LogP contribution in [0.15, 0.2) is 24.3 Å². The van der Waals surface area contributed by atoms with Crippen molar-refractivity contribution in [3.8, 4) is 24.2 Å². The minimum Gasteiger partial charge on any atom is -0.388 e. The summed E-state index contributed by atoms with van der Waals surface area (Å²) in [7, 11) is 0. The number of rotatable bonds is 9. The van der Waals surface area contributed by atoms with Gasteiger partial charge in [0.2, 0.25) is 0 Å². The summed E-state index contributed by atoms with van der Waals surface area (Å²) in [6, 6.07) is 0. The van der Waals surface area contributed by atoms with Gasteiger partial charge in [-0.25, -0.2) is 0 Å². The first-order chi connectivity index (χ1) is 10.6. The van der Waals surface area contributed by atoms with Gasteiger partial charge in [-0.15, -0.1) is 12.3 Å². The van der Waals surface area contributed by atoms with Gasteiger partial charge in [-0.3, -0.25) is 4.79 Å². The molecule has 0 amide bonds. The number of carbonyl (C=O) groups is 1. The van der Waals surface area contributed by atoms with E-state index in [1.54, 1.807) is 24.3 Å². The summed E-state index contributed by atoms with van der Waals surface area (Å²) in [6.45, 7) is 2.38. The first-order valence-corrected chi connectivity index (χ1v) is 7.16. The fraction of sp³-hybridized carbons (Fsp3) is 0.471. The molecule has 0 saturated heterocycles. The van der Waals surface area contributed by atoms with Crippen LogP contribution in [0.3, 0.4) is 0 Å². The van der Waals surface area contributed by atoms with Crippen LogP contribution in [-0.4, -0.2) is 34.9 Å². The van der Waals surface area contributed by atoms with Gasteiger partial charge in [-0.2, -0.15) is 5.48 Å². The molecule has 2 atom stereocenters. The summed E-state index contributed by atoms with van der Waals surface area (Å²) < 4.78 is 0. The maximum atomic E-state index is 11.2. The van der Waals surface area contributed by atoms with E-state index in [1.807, 2.05) is 6.92 Å². The number of hydrogen-bond acceptors (Lipinski definition) is 5. The monoisotopic (exact) mass is 305 g/mol. The molecule has 0 fully saturated rings. The Balaban J connectivity index is 3.87. The van der Waals surface area contributed by atoms with Crippen LogP contribution < -0.4 is 5.48 Å². The zero-order valence-electron chi connectivity index (χ0n) is 12.8. The molecule has 5 heteroatoms. The number of carbonyl (C=O) groups excluding carboxylic acids is 1. The van der Waals surface area contributed by atoms with E-state index >= 15 is 0 Å². The summed E-state index contributed by atoms with van der Waals surface area (Å²) in [5, 5.41) is 18.9. The minimum absolute atomic E-state index is 0.234. The third-order valence-corrected chi connectivity index (χ3v) is 2.39. The Morgan fingerprint density at radius 3 is 2.86 bits per heavy atom. The average Bonchev–Trinajstić information content (AvgIpc) is 2.49. The Hall–Kier alpha value is -2.05. The lowest BCUT2D eigenvalue weighted by Crippen LogP contribution is -2.19. The van der Waals surface area contributed by atoms with Gasteiger partial charge in [0.25, 0.3) is 0 Å². The zero-order valence-corrected chi connectivity index (χ0v) is 12.8. The van der Waals surface area contributed by atoms with Gasteiger partial charge in [0.05, 0.1) is 6.10 Å². The minimum atomic E-state index is -0.785. The van der Waals surface area contributed by atoms with Crippen molar-refractivity contribution in [2.24, 2.45) is 0 Å². The number of allylic oxidation sites excluding steroid dienone is 3. The highest BCUT2D eigenvalue weighted by Crippen LogP contribution is 2.01. The Bertz CT molecular complexity index is 465. The SMILES string of the molecule is C#CC[C@@H](O)/C=C/C=C/C#C[C@H](O)CCCC(=O)ONCC. The van der Waals surface area contributed by atoms with Crippen LogP contribution >= 0.6 is 0 Å². The predicted octanol–water partition coefficient (Wildman–Crippen LogP) is 1.09. The molecule has 0 saturated carbocycles. The van der Waals surface area contributed by atoms with Crippen molar-refractivity contribution in [1.29, 1.82) is 0 Å². The van der Waals surface area contributed by atoms with Gasteiger partial charge in [0.1, 0.15) is 6.10 Å². The highest BCUT2D eigenvalue weighted by atomic mass is 16.7. The van der Waals surface area contributed by atoms with Crippen molar-refractivity contribution >= 4 is 5.97 Å². The molecule has 0 radical (unpaired) electrons. The van der Waals surface area contributed by atoms with Crippen LogP contribution in [-0.2, 0) is 9.63 Å². The molecule has 22 heavy (non-hydrogen) atoms. The number of aliphatic hydroxyl groups excluding tert-OH is 2. The molecule has 120 valence electrons. The van der Waals surface area contributed by atoms with Crippen LogP contribution in [0.25, 0.3) is 0 Å². The van der Waals surface area contributed by atoms with Crippen LogP contribution in [0.4, 0.5) is 0 Å². The van der Waals surface area contributed by atoms with Gasteiger partial charge in [-0.05, 0) is 25.8 Å². The van der Waals surface area contributed by atoms with E-state index in [0.717, 1.165) is 0 Å². The summed E-state index contributed by atoms with van der Waals surface area (Å²) in [5.74, 6) is 7.32. The molecule has 0 aliphatic heterocycles. The van der Waals surface area contributed by atoms with Gasteiger partial charge in [-0.1, -0.05) is 30.1 Å². The topological polar surface area (TPSA) is 78.8 Å². The molecule has 0 aliphatic rings. The first-order valence-electron chi connectivity index (χ1n) is 7.16. The van der Waals surface area contributed by atoms with E-state index < -0.39 is 12.2 Å². The van der Waals surface area contributed by atoms with Crippen LogP contribution in [0.2, 0.25) is 0 Å². The Morgan fingerprint density at radius 1 is 1.41 bits per heavy atom. The molecule has 0 rings (SSSR count). The van der Waals surface area contributed by atoms with Crippen molar-refractivity contribution in [1.82, 2.24) is 5.48 Å². The maximum absolute atomic E-state index is 11.2. The van der Waals surface area contributed by atoms with Gasteiger partial charge in [0, 0.05) is 19.4 Å². The molecule has 3 N–H and O–H groups in total. The van der Waals surface area contributed by atoms with Crippen molar-refractivity contribution < 1.29 is 19.8 Å². The highest BCUT2D eigenvalue weighted by Gasteiger charge is 2.04. The van der Waals surface area contributed by atoms with Gasteiger partial charge < -0.3 is 15.1 Å². The standard InChI is InChI=1S/C17H23NO4/c1-3-10-15(19)11-7-5-6-8-12-16(20)13-9-14-17(21)22-18-4-2/h1,5-7,11,15-16,18-20H,4,9-10,13-14H2,2H3/b6-5+,11-7+/t15-,16+/m1/s1. The summed E-state index contributed by atoms with van der Waals surface area (Å²) >= 11 is 0. The third kappa shape index (κ3) is 13.0. The van der Waals surface area contributed by atoms with Crippen molar-refractivity contribution in [2.75, 3.05) is 6.54 Å². The van der Waals surface area contributed by atoms with Crippen LogP contribution in [0.5, 0.6) is 0 Å². The maximum Gasteiger partial charge on any atom is 0.324 e. The summed E-state index contributed by atoms with van der Waals surface area (Å²) in [5.41, 5.74) is 2.47. The Kier molecular flexibility index (Phi) is 12.6. The molecular formula is C17H23NO4. The lowest BCUT2D eigenvalue weighted by atomic mass is 10.1. The van der Waals surface area contributed by atoms with Crippen LogP contribution in [0.1, 0.15) is 32.6 Å². The van der Waals surface area contributed by atoms with E-state index in [1.165, 1.54) is 0 Å². The highest BCUT2D eigenvalue weighted by molar-refractivity contribution is 5.68. The van der Waals surface area contributed by atoms with Crippen molar-refractivity contribution in [2.45, 2.75) is 44.8 Å². The number of nitrogens with one attached hydrogen (secondary N) is 1. The van der Waals surface area contributed by atoms with E-state index in [9.17, 15) is 15.0 Å². The van der Waals surface area contributed by atoms with Crippen molar-refractivity contribution in [3.63, 3.8) is 0 Å². The second-order valence-corrected chi connectivity index (χ2v) is 4.39. The van der Waals surface area contributed by atoms with Gasteiger partial charge in [0.15, 0.2) is 0 Å². The normalized spacial score (nSPS) is 13.4. The molecule has 0 spiro atoms. The lowest BCUT2D eigenvalue weighted by molar-refractivity contribution is -0.151. The van der Waals surface area contributed by atoms with E-state index in [0.29, 0.717) is 19.4 Å². The molecule has 0 aromatic rings. The number of hydroxylamine groups is 1. The number of hydrogen-bond donors (Lipinski definition) is 3. The molecule has 0 aromatic carbocycles. The first kappa shape index (κ1) is 19.9. The fourth-order valence-electron chi connectivity index (χ4n) is 1.34. The van der Waals surface area contributed by atoms with E-state index in [4.69, 9.17) is 6.42 Å². The van der Waals surface area contributed by atoms with E-state index in [-0.39, 0.29) is 18.8 Å². The zero-order chi connectivity index (χ0) is 16.6. The fourth-order valence-corrected chi connectivity index (χ4v) is 1.34. The van der Waals surface area contributed by atoms with Gasteiger partial charge >= 0.3 is 5.97 Å². The van der Waals surface area contributed by atoms with Crippen LogP contribution in [0, 0.1) is 24.2 Å². The quantitative estimate of drug-likeness (QED) is 0.337. The smallest absolute Gasteiger partial charge is 0.324 e.